The summed E-state index contributed by atoms with van der Waals surface area (Å²) in [4.78, 5) is 4.71. The zero-order valence-electron chi connectivity index (χ0n) is 12.4. The fourth-order valence-corrected chi connectivity index (χ4v) is 3.14. The summed E-state index contributed by atoms with van der Waals surface area (Å²) < 4.78 is 14.0. The number of halogens is 1. The van der Waals surface area contributed by atoms with E-state index in [-0.39, 0.29) is 17.3 Å². The van der Waals surface area contributed by atoms with E-state index in [1.807, 2.05) is 19.1 Å². The van der Waals surface area contributed by atoms with Gasteiger partial charge in [0, 0.05) is 16.4 Å². The van der Waals surface area contributed by atoms with Crippen LogP contribution in [0.1, 0.15) is 50.0 Å². The first-order valence-electron chi connectivity index (χ1n) is 6.87. The predicted molar refractivity (Wildman–Crippen MR) is 82.7 cm³/mol. The number of aromatic nitrogens is 1. The van der Waals surface area contributed by atoms with Gasteiger partial charge in [-0.15, -0.1) is 11.3 Å². The van der Waals surface area contributed by atoms with Crippen molar-refractivity contribution in [1.82, 2.24) is 10.3 Å². The van der Waals surface area contributed by atoms with Crippen molar-refractivity contribution in [2.24, 2.45) is 0 Å². The lowest BCUT2D eigenvalue weighted by atomic mass is 9.93. The third-order valence-corrected chi connectivity index (χ3v) is 4.07. The molecule has 4 heteroatoms. The Labute approximate surface area is 124 Å². The van der Waals surface area contributed by atoms with E-state index in [0.29, 0.717) is 5.56 Å². The molecule has 20 heavy (non-hydrogen) atoms. The van der Waals surface area contributed by atoms with Crippen LogP contribution in [0.25, 0.3) is 0 Å². The largest absolute Gasteiger partial charge is 0.304 e. The zero-order valence-corrected chi connectivity index (χ0v) is 13.2. The molecule has 2 aromatic rings. The van der Waals surface area contributed by atoms with Crippen LogP contribution in [0.4, 0.5) is 4.39 Å². The summed E-state index contributed by atoms with van der Waals surface area (Å²) in [6.07, 6.45) is 0. The van der Waals surface area contributed by atoms with Gasteiger partial charge in [0.05, 0.1) is 11.7 Å². The Kier molecular flexibility index (Phi) is 4.55. The monoisotopic (exact) mass is 292 g/mol. The second-order valence-corrected chi connectivity index (χ2v) is 6.72. The quantitative estimate of drug-likeness (QED) is 0.910. The van der Waals surface area contributed by atoms with Gasteiger partial charge >= 0.3 is 0 Å². The maximum atomic E-state index is 14.0. The molecule has 1 heterocycles. The molecule has 1 aromatic carbocycles. The highest BCUT2D eigenvalue weighted by Crippen LogP contribution is 2.30. The molecule has 0 saturated carbocycles. The third-order valence-electron chi connectivity index (χ3n) is 3.16. The van der Waals surface area contributed by atoms with Crippen LogP contribution in [-0.4, -0.2) is 11.5 Å². The smallest absolute Gasteiger partial charge is 0.128 e. The zero-order chi connectivity index (χ0) is 14.8. The van der Waals surface area contributed by atoms with E-state index in [1.165, 1.54) is 6.07 Å². The normalized spacial score (nSPS) is 13.4. The van der Waals surface area contributed by atoms with Crippen molar-refractivity contribution in [3.63, 3.8) is 0 Å². The van der Waals surface area contributed by atoms with Gasteiger partial charge in [0.2, 0.25) is 0 Å². The second-order valence-electron chi connectivity index (χ2n) is 5.83. The fourth-order valence-electron chi connectivity index (χ4n) is 2.01. The first-order valence-corrected chi connectivity index (χ1v) is 7.75. The Bertz CT molecular complexity index is 572. The van der Waals surface area contributed by atoms with Crippen LogP contribution in [-0.2, 0) is 5.41 Å². The second kappa shape index (κ2) is 6.02. The van der Waals surface area contributed by atoms with Crippen LogP contribution in [0.15, 0.2) is 29.6 Å². The minimum Gasteiger partial charge on any atom is -0.304 e. The van der Waals surface area contributed by atoms with E-state index in [0.717, 1.165) is 17.2 Å². The van der Waals surface area contributed by atoms with Gasteiger partial charge in [-0.05, 0) is 12.6 Å². The lowest BCUT2D eigenvalue weighted by molar-refractivity contribution is 0.545. The molecule has 0 aliphatic carbocycles. The first kappa shape index (κ1) is 15.1. The maximum Gasteiger partial charge on any atom is 0.128 e. The van der Waals surface area contributed by atoms with Gasteiger partial charge in [0.1, 0.15) is 10.8 Å². The molecule has 0 spiro atoms. The van der Waals surface area contributed by atoms with Crippen molar-refractivity contribution in [1.29, 1.82) is 0 Å². The maximum absolute atomic E-state index is 14.0. The van der Waals surface area contributed by atoms with Crippen LogP contribution < -0.4 is 5.32 Å². The molecule has 108 valence electrons. The van der Waals surface area contributed by atoms with Gasteiger partial charge in [-0.2, -0.15) is 0 Å². The summed E-state index contributed by atoms with van der Waals surface area (Å²) >= 11 is 1.59. The summed E-state index contributed by atoms with van der Waals surface area (Å²) in [5.41, 5.74) is 1.72. The van der Waals surface area contributed by atoms with Crippen molar-refractivity contribution >= 4 is 11.3 Å². The Balaban J connectivity index is 2.39. The first-order chi connectivity index (χ1) is 9.43. The van der Waals surface area contributed by atoms with Crippen LogP contribution in [0.5, 0.6) is 0 Å². The van der Waals surface area contributed by atoms with Crippen LogP contribution >= 0.6 is 11.3 Å². The van der Waals surface area contributed by atoms with Crippen LogP contribution in [0, 0.1) is 5.82 Å². The average molecular weight is 292 g/mol. The summed E-state index contributed by atoms with van der Waals surface area (Å²) in [5.74, 6) is -0.189. The summed E-state index contributed by atoms with van der Waals surface area (Å²) in [6.45, 7) is 9.20. The highest BCUT2D eigenvalue weighted by molar-refractivity contribution is 7.09. The molecular weight excluding hydrogens is 271 g/mol. The van der Waals surface area contributed by atoms with Gasteiger partial charge in [-0.1, -0.05) is 45.9 Å². The van der Waals surface area contributed by atoms with Gasteiger partial charge < -0.3 is 5.32 Å². The molecule has 0 aliphatic heterocycles. The van der Waals surface area contributed by atoms with Crippen molar-refractivity contribution in [3.05, 3.63) is 51.7 Å². The Hall–Kier alpha value is -1.26. The molecule has 0 aliphatic rings. The topological polar surface area (TPSA) is 24.9 Å². The number of hydrogen-bond donors (Lipinski definition) is 1. The van der Waals surface area contributed by atoms with Gasteiger partial charge in [0.15, 0.2) is 0 Å². The van der Waals surface area contributed by atoms with E-state index in [2.05, 4.69) is 31.5 Å². The van der Waals surface area contributed by atoms with E-state index in [9.17, 15) is 4.39 Å². The van der Waals surface area contributed by atoms with E-state index < -0.39 is 0 Å². The number of nitrogens with one attached hydrogen (secondary N) is 1. The fraction of sp³-hybridized carbons (Fsp3) is 0.438. The molecule has 1 atom stereocenters. The van der Waals surface area contributed by atoms with Crippen molar-refractivity contribution in [3.8, 4) is 0 Å². The van der Waals surface area contributed by atoms with E-state index >= 15 is 0 Å². The van der Waals surface area contributed by atoms with E-state index in [1.54, 1.807) is 17.4 Å². The minimum absolute atomic E-state index is 0.0146. The average Bonchev–Trinajstić information content (AvgIpc) is 2.86. The number of nitrogens with zero attached hydrogens (tertiary/aromatic N) is 1. The standard InChI is InChI=1S/C16H21FN2S/c1-5-18-14(11-8-6-7-9-12(11)17)15-19-13(10-20-15)16(2,3)4/h6-10,14,18H,5H2,1-4H3. The molecule has 0 fully saturated rings. The minimum atomic E-state index is -0.189. The Morgan fingerprint density at radius 2 is 2.00 bits per heavy atom. The molecule has 1 unspecified atom stereocenters. The van der Waals surface area contributed by atoms with Crippen molar-refractivity contribution < 1.29 is 4.39 Å². The highest BCUT2D eigenvalue weighted by Gasteiger charge is 2.23. The summed E-state index contributed by atoms with van der Waals surface area (Å²) in [5, 5.41) is 6.32. The van der Waals surface area contributed by atoms with Crippen LogP contribution in [0.2, 0.25) is 0 Å². The Morgan fingerprint density at radius 3 is 2.55 bits per heavy atom. The van der Waals surface area contributed by atoms with Crippen LogP contribution in [0.3, 0.4) is 0 Å². The summed E-state index contributed by atoms with van der Waals surface area (Å²) in [7, 11) is 0. The van der Waals surface area contributed by atoms with Gasteiger partial charge in [0.25, 0.3) is 0 Å². The number of hydrogen-bond acceptors (Lipinski definition) is 3. The number of rotatable bonds is 4. The number of benzene rings is 1. The third kappa shape index (κ3) is 3.25. The predicted octanol–water partition coefficient (Wildman–Crippen LogP) is 4.28. The molecule has 0 radical (unpaired) electrons. The molecule has 0 amide bonds. The molecular formula is C16H21FN2S. The Morgan fingerprint density at radius 1 is 1.30 bits per heavy atom. The SMILES string of the molecule is CCNC(c1nc(C(C)(C)C)cs1)c1ccccc1F. The molecule has 0 bridgehead atoms. The lowest BCUT2D eigenvalue weighted by Gasteiger charge is -2.18. The molecule has 2 nitrogen and oxygen atoms in total. The van der Waals surface area contributed by atoms with Gasteiger partial charge in [-0.3, -0.25) is 0 Å². The van der Waals surface area contributed by atoms with Gasteiger partial charge in [-0.25, -0.2) is 9.37 Å². The molecule has 2 rings (SSSR count). The molecule has 1 aromatic heterocycles. The highest BCUT2D eigenvalue weighted by atomic mass is 32.1. The van der Waals surface area contributed by atoms with E-state index in [4.69, 9.17) is 4.98 Å². The molecule has 1 N–H and O–H groups in total. The summed E-state index contributed by atoms with van der Waals surface area (Å²) in [6, 6.07) is 6.71. The molecule has 0 saturated heterocycles. The lowest BCUT2D eigenvalue weighted by Crippen LogP contribution is -2.23. The van der Waals surface area contributed by atoms with Crippen molar-refractivity contribution in [2.45, 2.75) is 39.2 Å². The van der Waals surface area contributed by atoms with Crippen molar-refractivity contribution in [2.75, 3.05) is 6.54 Å². The number of thiazole rings is 1.